The third kappa shape index (κ3) is 5.40. The van der Waals surface area contributed by atoms with Crippen molar-refractivity contribution in [3.63, 3.8) is 0 Å². The number of aromatic nitrogens is 4. The molecule has 0 fully saturated rings. The van der Waals surface area contributed by atoms with Crippen molar-refractivity contribution in [1.29, 1.82) is 0 Å². The highest BCUT2D eigenvalue weighted by molar-refractivity contribution is 6.16. The molecule has 0 atom stereocenters. The van der Waals surface area contributed by atoms with E-state index < -0.39 is 0 Å². The van der Waals surface area contributed by atoms with Crippen molar-refractivity contribution in [2.75, 3.05) is 0 Å². The Balaban J connectivity index is 0.982. The van der Waals surface area contributed by atoms with Crippen LogP contribution in [0.5, 0.6) is 0 Å². The van der Waals surface area contributed by atoms with Crippen LogP contribution < -0.4 is 0 Å². The average molecular weight is 789 g/mol. The second kappa shape index (κ2) is 13.6. The smallest absolute Gasteiger partial charge is 0.0973 e. The minimum absolute atomic E-state index is 0.861. The maximum Gasteiger partial charge on any atom is 0.0973 e. The lowest BCUT2D eigenvalue weighted by Gasteiger charge is -2.13. The van der Waals surface area contributed by atoms with Gasteiger partial charge in [0.2, 0.25) is 0 Å². The largest absolute Gasteiger partial charge is 0.309 e. The summed E-state index contributed by atoms with van der Waals surface area (Å²) in [5.74, 6) is 0. The van der Waals surface area contributed by atoms with Crippen LogP contribution in [0.15, 0.2) is 218 Å². The summed E-state index contributed by atoms with van der Waals surface area (Å²) < 4.78 is 4.85. The van der Waals surface area contributed by atoms with Gasteiger partial charge in [0.1, 0.15) is 0 Å². The number of hydrogen-bond acceptors (Lipinski definition) is 2. The molecule has 13 rings (SSSR count). The highest BCUT2D eigenvalue weighted by Crippen LogP contribution is 2.40. The predicted octanol–water partition coefficient (Wildman–Crippen LogP) is 15.1. The van der Waals surface area contributed by atoms with Crippen LogP contribution >= 0.6 is 0 Å². The Labute approximate surface area is 357 Å². The van der Waals surface area contributed by atoms with Gasteiger partial charge < -0.3 is 9.13 Å². The summed E-state index contributed by atoms with van der Waals surface area (Å²) in [4.78, 5) is 10.5. The van der Waals surface area contributed by atoms with Crippen molar-refractivity contribution in [3.8, 4) is 45.0 Å². The fourth-order valence-corrected chi connectivity index (χ4v) is 9.67. The van der Waals surface area contributed by atoms with E-state index in [4.69, 9.17) is 9.97 Å². The monoisotopic (exact) mass is 788 g/mol. The lowest BCUT2D eigenvalue weighted by molar-refractivity contribution is 1.17. The molecule has 3 heterocycles. The Morgan fingerprint density at radius 2 is 0.677 bits per heavy atom. The molecule has 0 aliphatic carbocycles. The highest BCUT2D eigenvalue weighted by atomic mass is 15.0. The minimum atomic E-state index is 0.861. The van der Waals surface area contributed by atoms with Crippen molar-refractivity contribution in [2.45, 2.75) is 0 Å². The molecule has 0 amide bonds. The van der Waals surface area contributed by atoms with E-state index in [0.717, 1.165) is 50.4 Å². The fraction of sp³-hybridized carbons (Fsp3) is 0. The molecule has 0 aliphatic rings. The molecule has 0 bridgehead atoms. The third-order valence-electron chi connectivity index (χ3n) is 12.6. The van der Waals surface area contributed by atoms with E-state index in [2.05, 4.69) is 197 Å². The van der Waals surface area contributed by atoms with Crippen molar-refractivity contribution < 1.29 is 0 Å². The van der Waals surface area contributed by atoms with Crippen LogP contribution in [0, 0.1) is 0 Å². The van der Waals surface area contributed by atoms with E-state index in [1.54, 1.807) is 0 Å². The van der Waals surface area contributed by atoms with Gasteiger partial charge in [-0.05, 0) is 105 Å². The van der Waals surface area contributed by atoms with Crippen LogP contribution in [0.3, 0.4) is 0 Å². The normalized spacial score (nSPS) is 11.9. The SMILES string of the molecule is c1ccc(-c2ccc(-c3nc4ccccc4nc3-c3ccc(-n4c5ccc(-n6c7ccccc7c7cc8ccccc8cc76)cc5c5cc6ccccc6cc54)cc3)cc2)cc1. The second-order valence-corrected chi connectivity index (χ2v) is 16.2. The zero-order chi connectivity index (χ0) is 40.7. The van der Waals surface area contributed by atoms with Crippen LogP contribution in [0.4, 0.5) is 0 Å². The van der Waals surface area contributed by atoms with Gasteiger partial charge in [-0.3, -0.25) is 0 Å². The summed E-state index contributed by atoms with van der Waals surface area (Å²) >= 11 is 0. The molecular formula is C58H36N4. The summed E-state index contributed by atoms with van der Waals surface area (Å²) in [6.07, 6.45) is 0. The Hall–Kier alpha value is -8.34. The Morgan fingerprint density at radius 1 is 0.258 bits per heavy atom. The number of rotatable bonds is 5. The Morgan fingerprint density at radius 3 is 1.31 bits per heavy atom. The lowest BCUT2D eigenvalue weighted by atomic mass is 9.99. The summed E-state index contributed by atoms with van der Waals surface area (Å²) in [5, 5.41) is 9.87. The summed E-state index contributed by atoms with van der Waals surface area (Å²) in [6, 6.07) is 78.6. The van der Waals surface area contributed by atoms with Gasteiger partial charge in [-0.15, -0.1) is 0 Å². The predicted molar refractivity (Wildman–Crippen MR) is 260 cm³/mol. The van der Waals surface area contributed by atoms with Crippen LogP contribution in [0.2, 0.25) is 0 Å². The zero-order valence-electron chi connectivity index (χ0n) is 33.6. The molecule has 4 heteroatoms. The molecule has 0 spiro atoms. The molecule has 0 saturated carbocycles. The number of nitrogens with zero attached hydrogens (tertiary/aromatic N) is 4. The van der Waals surface area contributed by atoms with Gasteiger partial charge in [-0.25, -0.2) is 9.97 Å². The lowest BCUT2D eigenvalue weighted by Crippen LogP contribution is -1.97. The van der Waals surface area contributed by atoms with Gasteiger partial charge in [-0.1, -0.05) is 146 Å². The first kappa shape index (κ1) is 34.5. The maximum atomic E-state index is 5.25. The number of hydrogen-bond donors (Lipinski definition) is 0. The van der Waals surface area contributed by atoms with Gasteiger partial charge in [0, 0.05) is 44.0 Å². The van der Waals surface area contributed by atoms with E-state index in [1.807, 2.05) is 30.3 Å². The van der Waals surface area contributed by atoms with Crippen molar-refractivity contribution >= 4 is 76.2 Å². The maximum absolute atomic E-state index is 5.25. The van der Waals surface area contributed by atoms with Gasteiger partial charge in [-0.2, -0.15) is 0 Å². The average Bonchev–Trinajstić information content (AvgIpc) is 3.83. The summed E-state index contributed by atoms with van der Waals surface area (Å²) in [5.41, 5.74) is 14.8. The molecule has 3 aromatic heterocycles. The van der Waals surface area contributed by atoms with Crippen LogP contribution in [0.1, 0.15) is 0 Å². The molecule has 4 nitrogen and oxygen atoms in total. The zero-order valence-corrected chi connectivity index (χ0v) is 33.6. The quantitative estimate of drug-likeness (QED) is 0.174. The van der Waals surface area contributed by atoms with E-state index in [-0.39, 0.29) is 0 Å². The van der Waals surface area contributed by atoms with Crippen molar-refractivity contribution in [1.82, 2.24) is 19.1 Å². The van der Waals surface area contributed by atoms with Crippen LogP contribution in [-0.2, 0) is 0 Å². The standard InChI is InChI=1S/C58H36N4/c1-2-12-37(13-3-1)38-22-24-39(25-23-38)57-58(60-52-20-10-9-19-51(52)59-57)40-26-28-45(29-27-40)61-54-31-30-46(36-50(54)49-33-42-15-5-7-17-44(42)35-56(49)61)62-53-21-11-8-18-47(53)48-32-41-14-4-6-16-43(41)34-55(48)62/h1-36H. The molecule has 0 N–H and O–H groups in total. The van der Waals surface area contributed by atoms with E-state index in [0.29, 0.717) is 0 Å². The molecule has 0 saturated heterocycles. The van der Waals surface area contributed by atoms with Gasteiger partial charge in [0.25, 0.3) is 0 Å². The van der Waals surface area contributed by atoms with Gasteiger partial charge >= 0.3 is 0 Å². The first-order valence-corrected chi connectivity index (χ1v) is 21.1. The number of fused-ring (bicyclic) bond motifs is 9. The fourth-order valence-electron chi connectivity index (χ4n) is 9.67. The van der Waals surface area contributed by atoms with E-state index in [1.165, 1.54) is 70.8 Å². The summed E-state index contributed by atoms with van der Waals surface area (Å²) in [7, 11) is 0. The third-order valence-corrected chi connectivity index (χ3v) is 12.6. The molecule has 288 valence electrons. The highest BCUT2D eigenvalue weighted by Gasteiger charge is 2.19. The molecule has 0 radical (unpaired) electrons. The molecule has 0 aliphatic heterocycles. The number of para-hydroxylation sites is 3. The van der Waals surface area contributed by atoms with Crippen LogP contribution in [0.25, 0.3) is 121 Å². The molecule has 10 aromatic carbocycles. The Bertz CT molecular complexity index is 3900. The Kier molecular flexibility index (Phi) is 7.57. The number of benzene rings is 10. The summed E-state index contributed by atoms with van der Waals surface area (Å²) in [6.45, 7) is 0. The van der Waals surface area contributed by atoms with E-state index >= 15 is 0 Å². The molecule has 62 heavy (non-hydrogen) atoms. The van der Waals surface area contributed by atoms with Gasteiger partial charge in [0.15, 0.2) is 0 Å². The topological polar surface area (TPSA) is 35.6 Å². The first-order valence-electron chi connectivity index (χ1n) is 21.1. The van der Waals surface area contributed by atoms with Crippen molar-refractivity contribution in [3.05, 3.63) is 218 Å². The molecule has 13 aromatic rings. The van der Waals surface area contributed by atoms with Gasteiger partial charge in [0.05, 0.1) is 44.5 Å². The minimum Gasteiger partial charge on any atom is -0.309 e. The second-order valence-electron chi connectivity index (χ2n) is 16.2. The van der Waals surface area contributed by atoms with Crippen LogP contribution in [-0.4, -0.2) is 19.1 Å². The molecular weight excluding hydrogens is 753 g/mol. The van der Waals surface area contributed by atoms with E-state index in [9.17, 15) is 0 Å². The van der Waals surface area contributed by atoms with Crippen molar-refractivity contribution in [2.24, 2.45) is 0 Å². The first-order chi connectivity index (χ1) is 30.7. The molecule has 0 unspecified atom stereocenters.